The molecule has 1 aromatic rings. The molecule has 1 heterocycles. The van der Waals surface area contributed by atoms with Gasteiger partial charge in [0.05, 0.1) is 7.11 Å². The van der Waals surface area contributed by atoms with Gasteiger partial charge in [0.15, 0.2) is 0 Å². The van der Waals surface area contributed by atoms with Gasteiger partial charge in [0.2, 0.25) is 0 Å². The molecule has 1 aliphatic heterocycles. The van der Waals surface area contributed by atoms with Crippen LogP contribution in [-0.4, -0.2) is 37.1 Å². The van der Waals surface area contributed by atoms with Gasteiger partial charge in [0.1, 0.15) is 6.04 Å². The summed E-state index contributed by atoms with van der Waals surface area (Å²) in [5.74, 6) is -0.217. The lowest BCUT2D eigenvalue weighted by atomic mass is 10.1. The minimum absolute atomic E-state index is 0.158. The van der Waals surface area contributed by atoms with Crippen LogP contribution in [-0.2, 0) is 9.53 Å². The molecule has 2 N–H and O–H groups in total. The van der Waals surface area contributed by atoms with Gasteiger partial charge < -0.3 is 10.5 Å². The summed E-state index contributed by atoms with van der Waals surface area (Å²) in [6, 6.07) is 9.54. The summed E-state index contributed by atoms with van der Waals surface area (Å²) in [7, 11) is 1.42. The standard InChI is InChI=1S/C13H18N2O2/c1-17-13(16)12(10-5-3-2-4-6-10)15-8-7-11(14)9-15/h2-6,11-12H,7-9,14H2,1H3/t11-,12?/m1/s1. The zero-order chi connectivity index (χ0) is 12.3. The second-order valence-corrected chi connectivity index (χ2v) is 4.38. The third-order valence-corrected chi connectivity index (χ3v) is 3.16. The predicted octanol–water partition coefficient (Wildman–Crippen LogP) is 0.934. The van der Waals surface area contributed by atoms with Crippen LogP contribution in [0.25, 0.3) is 0 Å². The number of methoxy groups -OCH3 is 1. The van der Waals surface area contributed by atoms with Crippen molar-refractivity contribution in [3.8, 4) is 0 Å². The Labute approximate surface area is 101 Å². The second-order valence-electron chi connectivity index (χ2n) is 4.38. The molecule has 1 aromatic carbocycles. The maximum Gasteiger partial charge on any atom is 0.327 e. The summed E-state index contributed by atoms with van der Waals surface area (Å²) in [5, 5.41) is 0. The zero-order valence-corrected chi connectivity index (χ0v) is 10.0. The summed E-state index contributed by atoms with van der Waals surface area (Å²) in [6.07, 6.45) is 0.931. The Hall–Kier alpha value is -1.39. The molecule has 17 heavy (non-hydrogen) atoms. The van der Waals surface area contributed by atoms with E-state index in [1.807, 2.05) is 30.3 Å². The quantitative estimate of drug-likeness (QED) is 0.791. The molecular formula is C13H18N2O2. The number of esters is 1. The topological polar surface area (TPSA) is 55.6 Å². The van der Waals surface area contributed by atoms with E-state index >= 15 is 0 Å². The van der Waals surface area contributed by atoms with E-state index in [1.54, 1.807) is 0 Å². The van der Waals surface area contributed by atoms with Gasteiger partial charge in [0, 0.05) is 19.1 Å². The summed E-state index contributed by atoms with van der Waals surface area (Å²) in [5.41, 5.74) is 6.85. The van der Waals surface area contributed by atoms with Gasteiger partial charge in [-0.05, 0) is 12.0 Å². The van der Waals surface area contributed by atoms with E-state index < -0.39 is 0 Å². The Bertz CT molecular complexity index is 380. The van der Waals surface area contributed by atoms with E-state index in [0.29, 0.717) is 0 Å². The Balaban J connectivity index is 2.23. The molecule has 4 nitrogen and oxygen atoms in total. The van der Waals surface area contributed by atoms with Crippen molar-refractivity contribution in [2.24, 2.45) is 5.73 Å². The lowest BCUT2D eigenvalue weighted by Gasteiger charge is -2.25. The van der Waals surface area contributed by atoms with Crippen molar-refractivity contribution in [3.05, 3.63) is 35.9 Å². The van der Waals surface area contributed by atoms with Gasteiger partial charge in [-0.2, -0.15) is 0 Å². The van der Waals surface area contributed by atoms with Crippen LogP contribution in [0.4, 0.5) is 0 Å². The maximum absolute atomic E-state index is 11.9. The molecule has 4 heteroatoms. The van der Waals surface area contributed by atoms with Crippen molar-refractivity contribution in [3.63, 3.8) is 0 Å². The van der Waals surface area contributed by atoms with Gasteiger partial charge in [-0.3, -0.25) is 4.90 Å². The van der Waals surface area contributed by atoms with Crippen LogP contribution in [0.5, 0.6) is 0 Å². The third-order valence-electron chi connectivity index (χ3n) is 3.16. The fourth-order valence-electron chi connectivity index (χ4n) is 2.29. The molecule has 0 aliphatic carbocycles. The zero-order valence-electron chi connectivity index (χ0n) is 10.0. The maximum atomic E-state index is 11.9. The number of nitrogens with zero attached hydrogens (tertiary/aromatic N) is 1. The predicted molar refractivity (Wildman–Crippen MR) is 65.4 cm³/mol. The molecule has 1 aliphatic rings. The van der Waals surface area contributed by atoms with Crippen LogP contribution < -0.4 is 5.73 Å². The van der Waals surface area contributed by atoms with Gasteiger partial charge >= 0.3 is 5.97 Å². The Kier molecular flexibility index (Phi) is 3.76. The number of nitrogens with two attached hydrogens (primary N) is 1. The van der Waals surface area contributed by atoms with Gasteiger partial charge in [-0.15, -0.1) is 0 Å². The van der Waals surface area contributed by atoms with Crippen LogP contribution in [0.2, 0.25) is 0 Å². The van der Waals surface area contributed by atoms with Crippen molar-refractivity contribution in [1.29, 1.82) is 0 Å². The van der Waals surface area contributed by atoms with E-state index in [0.717, 1.165) is 25.1 Å². The van der Waals surface area contributed by atoms with E-state index in [1.165, 1.54) is 7.11 Å². The summed E-state index contributed by atoms with van der Waals surface area (Å²) >= 11 is 0. The normalized spacial score (nSPS) is 22.4. The monoisotopic (exact) mass is 234 g/mol. The highest BCUT2D eigenvalue weighted by atomic mass is 16.5. The number of likely N-dealkylation sites (tertiary alicyclic amines) is 1. The van der Waals surface area contributed by atoms with Gasteiger partial charge in [0.25, 0.3) is 0 Å². The highest BCUT2D eigenvalue weighted by molar-refractivity contribution is 5.77. The highest BCUT2D eigenvalue weighted by Crippen LogP contribution is 2.25. The first-order valence-electron chi connectivity index (χ1n) is 5.85. The second kappa shape index (κ2) is 5.29. The Morgan fingerprint density at radius 2 is 2.18 bits per heavy atom. The van der Waals surface area contributed by atoms with E-state index in [-0.39, 0.29) is 18.1 Å². The largest absolute Gasteiger partial charge is 0.468 e. The van der Waals surface area contributed by atoms with E-state index in [4.69, 9.17) is 10.5 Å². The van der Waals surface area contributed by atoms with Crippen molar-refractivity contribution in [2.75, 3.05) is 20.2 Å². The van der Waals surface area contributed by atoms with Gasteiger partial charge in [-0.25, -0.2) is 4.79 Å². The number of rotatable bonds is 3. The highest BCUT2D eigenvalue weighted by Gasteiger charge is 2.32. The van der Waals surface area contributed by atoms with E-state index in [9.17, 15) is 4.79 Å². The first-order valence-corrected chi connectivity index (χ1v) is 5.85. The number of hydrogen-bond acceptors (Lipinski definition) is 4. The molecule has 0 radical (unpaired) electrons. The molecule has 2 atom stereocenters. The molecule has 0 aromatic heterocycles. The fraction of sp³-hybridized carbons (Fsp3) is 0.462. The lowest BCUT2D eigenvalue weighted by Crippen LogP contribution is -2.35. The number of ether oxygens (including phenoxy) is 1. The molecule has 1 saturated heterocycles. The molecule has 0 amide bonds. The first-order chi connectivity index (χ1) is 8.22. The number of carbonyl (C=O) groups is 1. The minimum atomic E-state index is -0.324. The van der Waals surface area contributed by atoms with Crippen LogP contribution in [0.3, 0.4) is 0 Å². The molecular weight excluding hydrogens is 216 g/mol. The smallest absolute Gasteiger partial charge is 0.327 e. The SMILES string of the molecule is COC(=O)C(c1ccccc1)N1CC[C@@H](N)C1. The number of benzene rings is 1. The van der Waals surface area contributed by atoms with Crippen LogP contribution in [0.15, 0.2) is 30.3 Å². The molecule has 0 spiro atoms. The lowest BCUT2D eigenvalue weighted by molar-refractivity contribution is -0.146. The van der Waals surface area contributed by atoms with Crippen LogP contribution >= 0.6 is 0 Å². The first kappa shape index (κ1) is 12.1. The van der Waals surface area contributed by atoms with Crippen molar-refractivity contribution < 1.29 is 9.53 Å². The number of hydrogen-bond donors (Lipinski definition) is 1. The summed E-state index contributed by atoms with van der Waals surface area (Å²) in [6.45, 7) is 1.59. The van der Waals surface area contributed by atoms with E-state index in [2.05, 4.69) is 4.90 Å². The Morgan fingerprint density at radius 3 is 2.71 bits per heavy atom. The molecule has 0 bridgehead atoms. The van der Waals surface area contributed by atoms with Crippen molar-refractivity contribution in [1.82, 2.24) is 4.90 Å². The average molecular weight is 234 g/mol. The molecule has 2 rings (SSSR count). The average Bonchev–Trinajstić information content (AvgIpc) is 2.77. The number of carbonyl (C=O) groups excluding carboxylic acids is 1. The Morgan fingerprint density at radius 1 is 1.47 bits per heavy atom. The van der Waals surface area contributed by atoms with Crippen molar-refractivity contribution in [2.45, 2.75) is 18.5 Å². The minimum Gasteiger partial charge on any atom is -0.468 e. The van der Waals surface area contributed by atoms with Crippen LogP contribution in [0, 0.1) is 0 Å². The molecule has 0 saturated carbocycles. The van der Waals surface area contributed by atoms with Crippen LogP contribution in [0.1, 0.15) is 18.0 Å². The third kappa shape index (κ3) is 2.65. The molecule has 1 fully saturated rings. The van der Waals surface area contributed by atoms with Gasteiger partial charge in [-0.1, -0.05) is 30.3 Å². The molecule has 1 unspecified atom stereocenters. The summed E-state index contributed by atoms with van der Waals surface area (Å²) < 4.78 is 4.89. The fourth-order valence-corrected chi connectivity index (χ4v) is 2.29. The van der Waals surface area contributed by atoms with Crippen molar-refractivity contribution >= 4 is 5.97 Å². The summed E-state index contributed by atoms with van der Waals surface area (Å²) in [4.78, 5) is 14.0. The molecule has 92 valence electrons.